The van der Waals surface area contributed by atoms with Gasteiger partial charge >= 0.3 is 0 Å². The summed E-state index contributed by atoms with van der Waals surface area (Å²) in [6.45, 7) is 4.17. The Hall–Kier alpha value is -2.88. The molecule has 1 N–H and O–H groups in total. The lowest BCUT2D eigenvalue weighted by Crippen LogP contribution is -2.26. The van der Waals surface area contributed by atoms with Gasteiger partial charge in [-0.15, -0.1) is 11.3 Å². The zero-order valence-corrected chi connectivity index (χ0v) is 18.8. The van der Waals surface area contributed by atoms with E-state index >= 15 is 0 Å². The molecule has 0 spiro atoms. The molecule has 31 heavy (non-hydrogen) atoms. The van der Waals surface area contributed by atoms with E-state index < -0.39 is 10.0 Å². The number of sulfonamides is 1. The largest absolute Gasteiger partial charge is 0.339 e. The quantitative estimate of drug-likeness (QED) is 0.427. The summed E-state index contributed by atoms with van der Waals surface area (Å²) < 4.78 is 32.5. The Labute approximate surface area is 185 Å². The molecule has 2 aromatic heterocycles. The first kappa shape index (κ1) is 21.4. The smallest absolute Gasteiger partial charge is 0.240 e. The lowest BCUT2D eigenvalue weighted by molar-refractivity contribution is 0.379. The molecule has 0 unspecified atom stereocenters. The van der Waals surface area contributed by atoms with Crippen molar-refractivity contribution in [3.63, 3.8) is 0 Å². The Morgan fingerprint density at radius 1 is 1.00 bits per heavy atom. The zero-order valence-electron chi connectivity index (χ0n) is 17.2. The van der Waals surface area contributed by atoms with Gasteiger partial charge in [-0.25, -0.2) is 18.1 Å². The van der Waals surface area contributed by atoms with Crippen molar-refractivity contribution in [1.82, 2.24) is 19.8 Å². The van der Waals surface area contributed by atoms with Crippen LogP contribution < -0.4 is 4.72 Å². The van der Waals surface area contributed by atoms with E-state index in [1.54, 1.807) is 35.6 Å². The van der Waals surface area contributed by atoms with E-state index in [9.17, 15) is 8.42 Å². The molecule has 2 aromatic carbocycles. The standard InChI is InChI=1S/C22H22N4O3S2/c1-3-21-24-19(14-30-21)16-6-8-17(9-7-16)22-25-20(29-26-22)12-13-23-31(27,28)18-10-4-15(2)5-11-18/h4-11,14,23H,3,12-13H2,1-2H3. The topological polar surface area (TPSA) is 98.0 Å². The van der Waals surface area contributed by atoms with Crippen LogP contribution in [0.2, 0.25) is 0 Å². The number of rotatable bonds is 8. The summed E-state index contributed by atoms with van der Waals surface area (Å²) in [4.78, 5) is 9.21. The van der Waals surface area contributed by atoms with E-state index in [4.69, 9.17) is 4.52 Å². The number of hydrogen-bond acceptors (Lipinski definition) is 7. The van der Waals surface area contributed by atoms with E-state index in [1.807, 2.05) is 31.2 Å². The van der Waals surface area contributed by atoms with E-state index in [-0.39, 0.29) is 11.4 Å². The molecular formula is C22H22N4O3S2. The highest BCUT2D eigenvalue weighted by atomic mass is 32.2. The highest BCUT2D eigenvalue weighted by molar-refractivity contribution is 7.89. The van der Waals surface area contributed by atoms with Gasteiger partial charge in [0.15, 0.2) is 0 Å². The number of nitrogens with one attached hydrogen (secondary N) is 1. The van der Waals surface area contributed by atoms with Crippen molar-refractivity contribution in [1.29, 1.82) is 0 Å². The van der Waals surface area contributed by atoms with Gasteiger partial charge in [0.25, 0.3) is 0 Å². The van der Waals surface area contributed by atoms with Gasteiger partial charge in [-0.3, -0.25) is 0 Å². The molecule has 4 aromatic rings. The second-order valence-corrected chi connectivity index (χ2v) is 9.74. The van der Waals surface area contributed by atoms with E-state index in [2.05, 4.69) is 32.2 Å². The van der Waals surface area contributed by atoms with E-state index in [0.29, 0.717) is 18.1 Å². The first-order valence-electron chi connectivity index (χ1n) is 9.89. The average Bonchev–Trinajstić information content (AvgIpc) is 3.44. The third-order valence-electron chi connectivity index (χ3n) is 4.72. The van der Waals surface area contributed by atoms with Gasteiger partial charge in [-0.2, -0.15) is 4.98 Å². The van der Waals surface area contributed by atoms with Gasteiger partial charge in [0.1, 0.15) is 0 Å². The Kier molecular flexibility index (Phi) is 6.26. The lowest BCUT2D eigenvalue weighted by atomic mass is 10.1. The van der Waals surface area contributed by atoms with Crippen LogP contribution in [-0.4, -0.2) is 30.1 Å². The average molecular weight is 455 g/mol. The van der Waals surface area contributed by atoms with Crippen LogP contribution in [0.25, 0.3) is 22.6 Å². The maximum absolute atomic E-state index is 12.3. The third kappa shape index (κ3) is 5.07. The Morgan fingerprint density at radius 3 is 2.39 bits per heavy atom. The number of benzene rings is 2. The molecule has 0 aliphatic carbocycles. The maximum atomic E-state index is 12.3. The molecule has 0 saturated carbocycles. The molecule has 0 atom stereocenters. The third-order valence-corrected chi connectivity index (χ3v) is 7.19. The van der Waals surface area contributed by atoms with Gasteiger partial charge in [0.05, 0.1) is 15.6 Å². The maximum Gasteiger partial charge on any atom is 0.240 e. The fourth-order valence-electron chi connectivity index (χ4n) is 2.96. The van der Waals surface area contributed by atoms with Crippen LogP contribution in [0.3, 0.4) is 0 Å². The van der Waals surface area contributed by atoms with Crippen LogP contribution >= 0.6 is 11.3 Å². The molecule has 9 heteroatoms. The van der Waals surface area contributed by atoms with Crippen molar-refractivity contribution in [2.45, 2.75) is 31.6 Å². The first-order valence-corrected chi connectivity index (χ1v) is 12.2. The first-order chi connectivity index (χ1) is 14.9. The molecule has 160 valence electrons. The molecule has 0 fully saturated rings. The van der Waals surface area contributed by atoms with Crippen LogP contribution in [0.1, 0.15) is 23.4 Å². The minimum Gasteiger partial charge on any atom is -0.339 e. The Morgan fingerprint density at radius 2 is 1.71 bits per heavy atom. The highest BCUT2D eigenvalue weighted by Crippen LogP contribution is 2.25. The van der Waals surface area contributed by atoms with Crippen molar-refractivity contribution >= 4 is 21.4 Å². The lowest BCUT2D eigenvalue weighted by Gasteiger charge is -2.05. The second-order valence-electron chi connectivity index (χ2n) is 7.03. The number of aryl methyl sites for hydroxylation is 2. The summed E-state index contributed by atoms with van der Waals surface area (Å²) in [5, 5.41) is 7.18. The van der Waals surface area contributed by atoms with Crippen LogP contribution in [-0.2, 0) is 22.9 Å². The molecular weight excluding hydrogens is 432 g/mol. The predicted molar refractivity (Wildman–Crippen MR) is 120 cm³/mol. The summed E-state index contributed by atoms with van der Waals surface area (Å²) >= 11 is 1.66. The second kappa shape index (κ2) is 9.09. The zero-order chi connectivity index (χ0) is 21.8. The molecule has 0 saturated heterocycles. The summed E-state index contributed by atoms with van der Waals surface area (Å²) in [5.74, 6) is 0.841. The normalized spacial score (nSPS) is 11.7. The number of aromatic nitrogens is 3. The van der Waals surface area contributed by atoms with Crippen LogP contribution in [0.5, 0.6) is 0 Å². The number of hydrogen-bond donors (Lipinski definition) is 1. The fourth-order valence-corrected chi connectivity index (χ4v) is 4.75. The summed E-state index contributed by atoms with van der Waals surface area (Å²) in [6.07, 6.45) is 1.23. The van der Waals surface area contributed by atoms with Gasteiger partial charge in [0, 0.05) is 29.5 Å². The van der Waals surface area contributed by atoms with Gasteiger partial charge in [-0.05, 0) is 25.5 Å². The van der Waals surface area contributed by atoms with Crippen molar-refractivity contribution < 1.29 is 12.9 Å². The molecule has 4 rings (SSSR count). The number of nitrogens with zero attached hydrogens (tertiary/aromatic N) is 3. The number of thiazole rings is 1. The Balaban J connectivity index is 1.37. The van der Waals surface area contributed by atoms with Gasteiger partial charge in [-0.1, -0.05) is 54.0 Å². The minimum atomic E-state index is -3.57. The van der Waals surface area contributed by atoms with Crippen molar-refractivity contribution in [3.05, 3.63) is 70.4 Å². The van der Waals surface area contributed by atoms with Crippen LogP contribution in [0.15, 0.2) is 63.3 Å². The monoisotopic (exact) mass is 454 g/mol. The highest BCUT2D eigenvalue weighted by Gasteiger charge is 2.15. The van der Waals surface area contributed by atoms with Crippen molar-refractivity contribution in [3.8, 4) is 22.6 Å². The Bertz CT molecular complexity index is 1260. The van der Waals surface area contributed by atoms with Crippen molar-refractivity contribution in [2.24, 2.45) is 0 Å². The van der Waals surface area contributed by atoms with E-state index in [0.717, 1.165) is 33.8 Å². The minimum absolute atomic E-state index is 0.167. The SMILES string of the molecule is CCc1nc(-c2ccc(-c3noc(CCNS(=O)(=O)c4ccc(C)cc4)n3)cc2)cs1. The summed E-state index contributed by atoms with van der Waals surface area (Å²) in [5.41, 5.74) is 3.82. The van der Waals surface area contributed by atoms with Gasteiger partial charge in [0.2, 0.25) is 21.7 Å². The van der Waals surface area contributed by atoms with E-state index in [1.165, 1.54) is 0 Å². The molecule has 0 amide bonds. The molecule has 0 radical (unpaired) electrons. The van der Waals surface area contributed by atoms with Crippen LogP contribution in [0.4, 0.5) is 0 Å². The van der Waals surface area contributed by atoms with Gasteiger partial charge < -0.3 is 4.52 Å². The van der Waals surface area contributed by atoms with Crippen molar-refractivity contribution in [2.75, 3.05) is 6.54 Å². The molecule has 0 bridgehead atoms. The molecule has 0 aliphatic heterocycles. The predicted octanol–water partition coefficient (Wildman–Crippen LogP) is 4.25. The molecule has 2 heterocycles. The van der Waals surface area contributed by atoms with Crippen LogP contribution in [0, 0.1) is 6.92 Å². The molecule has 7 nitrogen and oxygen atoms in total. The summed E-state index contributed by atoms with van der Waals surface area (Å²) in [7, 11) is -3.57. The fraction of sp³-hybridized carbons (Fsp3) is 0.227. The molecule has 0 aliphatic rings. The summed E-state index contributed by atoms with van der Waals surface area (Å²) in [6, 6.07) is 14.5.